The van der Waals surface area contributed by atoms with Crippen molar-refractivity contribution >= 4 is 11.8 Å². The first-order valence-electron chi connectivity index (χ1n) is 8.43. The van der Waals surface area contributed by atoms with E-state index in [0.29, 0.717) is 17.0 Å². The number of amides is 2. The zero-order chi connectivity index (χ0) is 15.8. The molecule has 4 saturated carbocycles. The largest absolute Gasteiger partial charge is 0.271 e. The molecule has 1 aromatic carbocycles. The zero-order valence-electron chi connectivity index (χ0n) is 12.8. The summed E-state index contributed by atoms with van der Waals surface area (Å²) in [6.07, 6.45) is 4.42. The summed E-state index contributed by atoms with van der Waals surface area (Å²) >= 11 is 0. The van der Waals surface area contributed by atoms with Gasteiger partial charge in [0.1, 0.15) is 5.54 Å². The van der Waals surface area contributed by atoms with Gasteiger partial charge in [-0.15, -0.1) is 0 Å². The molecule has 2 amide bonds. The van der Waals surface area contributed by atoms with Crippen LogP contribution in [-0.4, -0.2) is 28.3 Å². The van der Waals surface area contributed by atoms with Crippen molar-refractivity contribution in [3.63, 3.8) is 0 Å². The van der Waals surface area contributed by atoms with Crippen LogP contribution in [0.25, 0.3) is 0 Å². The van der Waals surface area contributed by atoms with E-state index in [1.807, 2.05) is 0 Å². The second kappa shape index (κ2) is 4.28. The zero-order valence-corrected chi connectivity index (χ0v) is 12.8. The Morgan fingerprint density at radius 2 is 1.52 bits per heavy atom. The third kappa shape index (κ3) is 1.62. The lowest BCUT2D eigenvalue weighted by atomic mass is 9.51. The van der Waals surface area contributed by atoms with Crippen molar-refractivity contribution in [2.24, 2.45) is 22.9 Å². The van der Waals surface area contributed by atoms with E-state index in [4.69, 9.17) is 0 Å². The lowest BCUT2D eigenvalue weighted by Gasteiger charge is -2.58. The van der Waals surface area contributed by atoms with E-state index in [9.17, 15) is 14.5 Å². The summed E-state index contributed by atoms with van der Waals surface area (Å²) < 4.78 is 0. The average Bonchev–Trinajstić information content (AvgIpc) is 2.80. The van der Waals surface area contributed by atoms with Crippen molar-refractivity contribution in [1.29, 1.82) is 0 Å². The standard InChI is InChI=1S/C18H18N2O3/c21-16-13-3-1-2-4-14(13)17(22)20(16)15-11-5-10-6-12(15)9-18(7-10,8-11)19-23/h1-4,10-12,15H,5-9H2/t10?,11?,12?,15-,18-. The summed E-state index contributed by atoms with van der Waals surface area (Å²) in [6, 6.07) is 7.03. The SMILES string of the molecule is O=N[C@]12CC3CC(C1)[C@@H](N1C(=O)c4ccccc4C1=O)C(C3)C2. The van der Waals surface area contributed by atoms with Crippen LogP contribution in [0.4, 0.5) is 0 Å². The maximum atomic E-state index is 12.8. The molecule has 1 aromatic rings. The summed E-state index contributed by atoms with van der Waals surface area (Å²) in [5.41, 5.74) is 0.620. The van der Waals surface area contributed by atoms with Gasteiger partial charge >= 0.3 is 0 Å². The third-order valence-corrected chi connectivity index (χ3v) is 6.51. The molecule has 2 atom stereocenters. The fourth-order valence-corrected chi connectivity index (χ4v) is 5.97. The van der Waals surface area contributed by atoms with Gasteiger partial charge in [0.25, 0.3) is 11.8 Å². The first-order chi connectivity index (χ1) is 11.1. The summed E-state index contributed by atoms with van der Waals surface area (Å²) in [5.74, 6) is 0.700. The topological polar surface area (TPSA) is 66.8 Å². The molecule has 4 fully saturated rings. The Kier molecular flexibility index (Phi) is 2.49. The lowest BCUT2D eigenvalue weighted by Crippen LogP contribution is -2.62. The number of fused-ring (bicyclic) bond motifs is 1. The molecule has 6 rings (SSSR count). The van der Waals surface area contributed by atoms with Gasteiger partial charge in [-0.25, -0.2) is 0 Å². The fraction of sp³-hybridized carbons (Fsp3) is 0.556. The van der Waals surface area contributed by atoms with Crippen molar-refractivity contribution in [3.05, 3.63) is 40.3 Å². The van der Waals surface area contributed by atoms with Crippen LogP contribution >= 0.6 is 0 Å². The van der Waals surface area contributed by atoms with Gasteiger partial charge in [-0.05, 0) is 62.0 Å². The maximum absolute atomic E-state index is 12.8. The first-order valence-corrected chi connectivity index (χ1v) is 8.43. The van der Waals surface area contributed by atoms with E-state index >= 15 is 0 Å². The van der Waals surface area contributed by atoms with Crippen LogP contribution in [0.5, 0.6) is 0 Å². The van der Waals surface area contributed by atoms with Gasteiger partial charge in [0.15, 0.2) is 0 Å². The Morgan fingerprint density at radius 1 is 0.957 bits per heavy atom. The molecule has 1 heterocycles. The van der Waals surface area contributed by atoms with Gasteiger partial charge in [-0.3, -0.25) is 14.5 Å². The van der Waals surface area contributed by atoms with Crippen LogP contribution < -0.4 is 0 Å². The molecule has 0 N–H and O–H groups in total. The summed E-state index contributed by atoms with van der Waals surface area (Å²) in [6.45, 7) is 0. The van der Waals surface area contributed by atoms with Gasteiger partial charge in [0, 0.05) is 6.04 Å². The number of benzene rings is 1. The van der Waals surface area contributed by atoms with Crippen LogP contribution in [0.2, 0.25) is 0 Å². The minimum absolute atomic E-state index is 0.0474. The van der Waals surface area contributed by atoms with Gasteiger partial charge in [0.2, 0.25) is 0 Å². The number of nitroso groups, excluding NO2 is 1. The van der Waals surface area contributed by atoms with Crippen LogP contribution in [0.3, 0.4) is 0 Å². The molecule has 4 bridgehead atoms. The highest BCUT2D eigenvalue weighted by Crippen LogP contribution is 2.59. The van der Waals surface area contributed by atoms with Crippen LogP contribution in [0.15, 0.2) is 29.4 Å². The molecule has 0 radical (unpaired) electrons. The van der Waals surface area contributed by atoms with E-state index in [2.05, 4.69) is 5.18 Å². The molecule has 23 heavy (non-hydrogen) atoms. The van der Waals surface area contributed by atoms with Gasteiger partial charge < -0.3 is 0 Å². The maximum Gasteiger partial charge on any atom is 0.261 e. The molecule has 0 saturated heterocycles. The number of imide groups is 1. The quantitative estimate of drug-likeness (QED) is 0.623. The van der Waals surface area contributed by atoms with Gasteiger partial charge in [-0.1, -0.05) is 17.3 Å². The smallest absolute Gasteiger partial charge is 0.261 e. The van der Waals surface area contributed by atoms with Gasteiger partial charge in [0.05, 0.1) is 11.1 Å². The van der Waals surface area contributed by atoms with E-state index in [1.54, 1.807) is 24.3 Å². The van der Waals surface area contributed by atoms with Crippen molar-refractivity contribution in [1.82, 2.24) is 4.90 Å². The summed E-state index contributed by atoms with van der Waals surface area (Å²) in [4.78, 5) is 38.5. The molecular weight excluding hydrogens is 292 g/mol. The fourth-order valence-electron chi connectivity index (χ4n) is 5.97. The minimum Gasteiger partial charge on any atom is -0.271 e. The van der Waals surface area contributed by atoms with Gasteiger partial charge in [-0.2, -0.15) is 4.91 Å². The molecule has 1 aliphatic heterocycles. The third-order valence-electron chi connectivity index (χ3n) is 6.51. The average molecular weight is 310 g/mol. The van der Waals surface area contributed by atoms with Crippen LogP contribution in [0, 0.1) is 22.7 Å². The number of carbonyl (C=O) groups excluding carboxylic acids is 2. The summed E-state index contributed by atoms with van der Waals surface area (Å²) in [5, 5.41) is 3.48. The van der Waals surface area contributed by atoms with Crippen molar-refractivity contribution in [3.8, 4) is 0 Å². The van der Waals surface area contributed by atoms with Crippen LogP contribution in [-0.2, 0) is 0 Å². The molecular formula is C18H18N2O3. The van der Waals surface area contributed by atoms with Crippen molar-refractivity contribution < 1.29 is 9.59 Å². The lowest BCUT2D eigenvalue weighted by molar-refractivity contribution is -0.0581. The second-order valence-electron chi connectivity index (χ2n) is 7.80. The van der Waals surface area contributed by atoms with E-state index < -0.39 is 5.54 Å². The molecule has 5 aliphatic rings. The Morgan fingerprint density at radius 3 is 2.04 bits per heavy atom. The summed E-state index contributed by atoms with van der Waals surface area (Å²) in [7, 11) is 0. The molecule has 118 valence electrons. The first kappa shape index (κ1) is 13.4. The highest BCUT2D eigenvalue weighted by Gasteiger charge is 2.60. The van der Waals surface area contributed by atoms with E-state index in [-0.39, 0.29) is 29.7 Å². The Bertz CT molecular complexity index is 693. The Hall–Kier alpha value is -2.04. The molecule has 2 unspecified atom stereocenters. The molecule has 4 aliphatic carbocycles. The van der Waals surface area contributed by atoms with Crippen molar-refractivity contribution in [2.75, 3.05) is 0 Å². The molecule has 0 spiro atoms. The highest BCUT2D eigenvalue weighted by atomic mass is 16.3. The monoisotopic (exact) mass is 310 g/mol. The number of rotatable bonds is 2. The molecule has 5 nitrogen and oxygen atoms in total. The second-order valence-corrected chi connectivity index (χ2v) is 7.80. The normalized spacial score (nSPS) is 40.6. The minimum atomic E-state index is -0.425. The molecule has 5 heteroatoms. The predicted molar refractivity (Wildman–Crippen MR) is 82.8 cm³/mol. The van der Waals surface area contributed by atoms with Crippen LogP contribution in [0.1, 0.15) is 52.8 Å². The number of hydrogen-bond donors (Lipinski definition) is 0. The van der Waals surface area contributed by atoms with E-state index in [0.717, 1.165) is 32.1 Å². The molecule has 0 aromatic heterocycles. The number of nitrogens with zero attached hydrogens (tertiary/aromatic N) is 2. The van der Waals surface area contributed by atoms with Crippen molar-refractivity contribution in [2.45, 2.75) is 43.7 Å². The predicted octanol–water partition coefficient (Wildman–Crippen LogP) is 3.00. The Labute approximate surface area is 134 Å². The Balaban J connectivity index is 1.54. The van der Waals surface area contributed by atoms with E-state index in [1.165, 1.54) is 4.90 Å². The number of hydrogen-bond acceptors (Lipinski definition) is 4. The highest BCUT2D eigenvalue weighted by molar-refractivity contribution is 6.21. The number of carbonyl (C=O) groups is 2.